The maximum atomic E-state index is 13.6. The van der Waals surface area contributed by atoms with Gasteiger partial charge in [-0.15, -0.1) is 0 Å². The van der Waals surface area contributed by atoms with Crippen LogP contribution in [0.2, 0.25) is 0 Å². The second-order valence-corrected chi connectivity index (χ2v) is 5.45. The molecule has 0 fully saturated rings. The number of hydrogen-bond acceptors (Lipinski definition) is 2. The molecular formula is C22H31F3O2. The molecule has 2 aromatic rings. The Kier molecular flexibility index (Phi) is 12.0. The van der Waals surface area contributed by atoms with E-state index < -0.39 is 11.6 Å². The van der Waals surface area contributed by atoms with Crippen molar-refractivity contribution in [3.63, 3.8) is 0 Å². The minimum Gasteiger partial charge on any atom is -0.493 e. The molecule has 27 heavy (non-hydrogen) atoms. The lowest BCUT2D eigenvalue weighted by molar-refractivity contribution is 0.238. The Balaban J connectivity index is 0.00000158. The van der Waals surface area contributed by atoms with Crippen LogP contribution in [0.25, 0.3) is 0 Å². The van der Waals surface area contributed by atoms with Gasteiger partial charge in [0.15, 0.2) is 11.6 Å². The quantitative estimate of drug-likeness (QED) is 0.503. The molecule has 0 spiro atoms. The van der Waals surface area contributed by atoms with Crippen LogP contribution >= 0.6 is 0 Å². The van der Waals surface area contributed by atoms with Gasteiger partial charge in [0.2, 0.25) is 0 Å². The van der Waals surface area contributed by atoms with E-state index in [1.165, 1.54) is 18.2 Å². The van der Waals surface area contributed by atoms with E-state index >= 15 is 0 Å². The highest BCUT2D eigenvalue weighted by Gasteiger charge is 2.10. The molecule has 152 valence electrons. The molecule has 0 aliphatic rings. The van der Waals surface area contributed by atoms with E-state index in [4.69, 9.17) is 9.47 Å². The van der Waals surface area contributed by atoms with E-state index in [2.05, 4.69) is 0 Å². The van der Waals surface area contributed by atoms with Gasteiger partial charge in [-0.2, -0.15) is 0 Å². The SMILES string of the molecule is CC.CC.Cc1cc(F)cc(C)c1OCCCOc1c(C)cc(F)cc1F. The molecule has 5 heteroatoms. The van der Waals surface area contributed by atoms with Gasteiger partial charge in [0.1, 0.15) is 17.4 Å². The number of halogens is 3. The average molecular weight is 384 g/mol. The summed E-state index contributed by atoms with van der Waals surface area (Å²) in [6.07, 6.45) is 0.520. The first-order valence-corrected chi connectivity index (χ1v) is 9.36. The van der Waals surface area contributed by atoms with E-state index in [0.717, 1.165) is 17.2 Å². The standard InChI is InChI=1S/C18H19F3O2.2C2H6/c1-11-7-14(19)8-12(2)17(11)22-5-4-6-23-18-13(3)9-15(20)10-16(18)21;2*1-2/h7-10H,4-6H2,1-3H3;2*1-2H3. The molecule has 2 rings (SSSR count). The van der Waals surface area contributed by atoms with Crippen molar-refractivity contribution in [3.05, 3.63) is 58.4 Å². The Hall–Kier alpha value is -2.17. The highest BCUT2D eigenvalue weighted by atomic mass is 19.1. The molecule has 0 radical (unpaired) electrons. The summed E-state index contributed by atoms with van der Waals surface area (Å²) in [5, 5.41) is 0. The zero-order valence-electron chi connectivity index (χ0n) is 17.4. The van der Waals surface area contributed by atoms with Crippen LogP contribution in [0.3, 0.4) is 0 Å². The van der Waals surface area contributed by atoms with E-state index in [1.807, 2.05) is 27.7 Å². The normalized spacial score (nSPS) is 9.56. The van der Waals surface area contributed by atoms with Gasteiger partial charge < -0.3 is 9.47 Å². The number of aryl methyl sites for hydroxylation is 3. The fourth-order valence-electron chi connectivity index (χ4n) is 2.40. The first kappa shape index (κ1) is 24.8. The first-order chi connectivity index (χ1) is 12.9. The number of benzene rings is 2. The average Bonchev–Trinajstić information content (AvgIpc) is 2.61. The predicted molar refractivity (Wildman–Crippen MR) is 105 cm³/mol. The maximum absolute atomic E-state index is 13.6. The van der Waals surface area contributed by atoms with E-state index in [-0.39, 0.29) is 18.2 Å². The Morgan fingerprint density at radius 1 is 0.630 bits per heavy atom. The van der Waals surface area contributed by atoms with Crippen molar-refractivity contribution in [1.82, 2.24) is 0 Å². The zero-order valence-corrected chi connectivity index (χ0v) is 17.4. The van der Waals surface area contributed by atoms with Gasteiger partial charge in [-0.25, -0.2) is 13.2 Å². The summed E-state index contributed by atoms with van der Waals surface area (Å²) in [5.41, 5.74) is 1.86. The topological polar surface area (TPSA) is 18.5 Å². The fraction of sp³-hybridized carbons (Fsp3) is 0.455. The molecule has 2 aromatic carbocycles. The second kappa shape index (κ2) is 13.1. The minimum atomic E-state index is -0.714. The van der Waals surface area contributed by atoms with Crippen molar-refractivity contribution >= 4 is 0 Å². The van der Waals surface area contributed by atoms with Crippen LogP contribution in [0.4, 0.5) is 13.2 Å². The largest absolute Gasteiger partial charge is 0.493 e. The van der Waals surface area contributed by atoms with Gasteiger partial charge in [0.05, 0.1) is 13.2 Å². The summed E-state index contributed by atoms with van der Waals surface area (Å²) in [6.45, 7) is 13.7. The Bertz CT molecular complexity index is 594. The summed E-state index contributed by atoms with van der Waals surface area (Å²) in [4.78, 5) is 0. The van der Waals surface area contributed by atoms with Gasteiger partial charge in [0, 0.05) is 12.5 Å². The van der Waals surface area contributed by atoms with Crippen LogP contribution < -0.4 is 9.47 Å². The summed E-state index contributed by atoms with van der Waals surface area (Å²) in [5.74, 6) is -0.930. The van der Waals surface area contributed by atoms with Gasteiger partial charge >= 0.3 is 0 Å². The Morgan fingerprint density at radius 2 is 1.00 bits per heavy atom. The Labute approximate surface area is 161 Å². The van der Waals surface area contributed by atoms with Crippen LogP contribution in [0.5, 0.6) is 11.5 Å². The van der Waals surface area contributed by atoms with Gasteiger partial charge in [-0.1, -0.05) is 27.7 Å². The summed E-state index contributed by atoms with van der Waals surface area (Å²) < 4.78 is 50.8. The van der Waals surface area contributed by atoms with Gasteiger partial charge in [0.25, 0.3) is 0 Å². The molecule has 0 aliphatic heterocycles. The molecule has 0 aromatic heterocycles. The molecule has 0 bridgehead atoms. The van der Waals surface area contributed by atoms with Crippen LogP contribution in [0.1, 0.15) is 50.8 Å². The third-order valence-electron chi connectivity index (χ3n) is 3.40. The summed E-state index contributed by atoms with van der Waals surface area (Å²) in [7, 11) is 0. The summed E-state index contributed by atoms with van der Waals surface area (Å²) in [6, 6.07) is 4.84. The lowest BCUT2D eigenvalue weighted by Gasteiger charge is -2.13. The molecule has 0 aliphatic carbocycles. The Morgan fingerprint density at radius 3 is 1.44 bits per heavy atom. The van der Waals surface area contributed by atoms with Crippen molar-refractivity contribution in [3.8, 4) is 11.5 Å². The molecule has 0 saturated heterocycles. The van der Waals surface area contributed by atoms with Crippen molar-refractivity contribution in [2.45, 2.75) is 54.9 Å². The lowest BCUT2D eigenvalue weighted by atomic mass is 10.1. The van der Waals surface area contributed by atoms with Crippen molar-refractivity contribution in [1.29, 1.82) is 0 Å². The van der Waals surface area contributed by atoms with Gasteiger partial charge in [-0.05, 0) is 55.7 Å². The van der Waals surface area contributed by atoms with Crippen molar-refractivity contribution in [2.24, 2.45) is 0 Å². The highest BCUT2D eigenvalue weighted by Crippen LogP contribution is 2.25. The molecule has 0 unspecified atom stereocenters. The van der Waals surface area contributed by atoms with Crippen molar-refractivity contribution < 1.29 is 22.6 Å². The monoisotopic (exact) mass is 384 g/mol. The molecule has 2 nitrogen and oxygen atoms in total. The highest BCUT2D eigenvalue weighted by molar-refractivity contribution is 5.40. The lowest BCUT2D eigenvalue weighted by Crippen LogP contribution is -2.08. The number of ether oxygens (including phenoxy) is 2. The first-order valence-electron chi connectivity index (χ1n) is 9.36. The minimum absolute atomic E-state index is 0.0561. The van der Waals surface area contributed by atoms with E-state index in [1.54, 1.807) is 20.8 Å². The molecule has 0 N–H and O–H groups in total. The molecule has 0 saturated carbocycles. The van der Waals surface area contributed by atoms with Gasteiger partial charge in [-0.3, -0.25) is 0 Å². The van der Waals surface area contributed by atoms with Crippen LogP contribution in [0, 0.1) is 38.2 Å². The van der Waals surface area contributed by atoms with Crippen LogP contribution in [-0.2, 0) is 0 Å². The smallest absolute Gasteiger partial charge is 0.168 e. The third kappa shape index (κ3) is 7.94. The molecule has 0 atom stereocenters. The predicted octanol–water partition coefficient (Wildman–Crippen LogP) is 6.93. The van der Waals surface area contributed by atoms with E-state index in [9.17, 15) is 13.2 Å². The second-order valence-electron chi connectivity index (χ2n) is 5.45. The fourth-order valence-corrected chi connectivity index (χ4v) is 2.40. The van der Waals surface area contributed by atoms with Crippen molar-refractivity contribution in [2.75, 3.05) is 13.2 Å². The molecule has 0 heterocycles. The number of hydrogen-bond donors (Lipinski definition) is 0. The molecular weight excluding hydrogens is 353 g/mol. The van der Waals surface area contributed by atoms with Crippen LogP contribution in [0.15, 0.2) is 24.3 Å². The maximum Gasteiger partial charge on any atom is 0.168 e. The number of rotatable bonds is 6. The van der Waals surface area contributed by atoms with Crippen LogP contribution in [-0.4, -0.2) is 13.2 Å². The summed E-state index contributed by atoms with van der Waals surface area (Å²) >= 11 is 0. The molecule has 0 amide bonds. The third-order valence-corrected chi connectivity index (χ3v) is 3.40. The zero-order chi connectivity index (χ0) is 21.0. The van der Waals surface area contributed by atoms with E-state index in [0.29, 0.717) is 24.3 Å².